The molecule has 1 saturated heterocycles. The smallest absolute Gasteiger partial charge is 0.320 e. The quantitative estimate of drug-likeness (QED) is 0.618. The van der Waals surface area contributed by atoms with Crippen LogP contribution in [0.4, 0.5) is 17.3 Å². The number of β-amino-alcohol motifs (C(OH)–C–C–N with tert-alkyl or cyclic N) is 1. The summed E-state index contributed by atoms with van der Waals surface area (Å²) in [6.07, 6.45) is 0.301. The monoisotopic (exact) mass is 362 g/mol. The van der Waals surface area contributed by atoms with Crippen LogP contribution in [-0.4, -0.2) is 60.6 Å². The summed E-state index contributed by atoms with van der Waals surface area (Å²) in [4.78, 5) is 11.1. The Bertz CT molecular complexity index is 794. The van der Waals surface area contributed by atoms with Crippen LogP contribution in [-0.2, 0) is 13.6 Å². The maximum Gasteiger partial charge on any atom is 0.320 e. The zero-order chi connectivity index (χ0) is 18.3. The number of anilines is 3. The van der Waals surface area contributed by atoms with Gasteiger partial charge in [0.2, 0.25) is 0 Å². The molecule has 12 heteroatoms. The summed E-state index contributed by atoms with van der Waals surface area (Å²) < 4.78 is 7.34. The van der Waals surface area contributed by atoms with Gasteiger partial charge in [-0.2, -0.15) is 9.97 Å². The lowest BCUT2D eigenvalue weighted by Gasteiger charge is -2.21. The molecule has 4 heterocycles. The van der Waals surface area contributed by atoms with Gasteiger partial charge in [-0.15, -0.1) is 10.6 Å². The first-order valence-corrected chi connectivity index (χ1v) is 8.53. The molecule has 1 fully saturated rings. The van der Waals surface area contributed by atoms with Crippen molar-refractivity contribution in [1.82, 2.24) is 35.7 Å². The minimum atomic E-state index is -0.356. The largest absolute Gasteiger partial charge is 0.461 e. The topological polar surface area (TPSA) is 129 Å². The third-order valence-corrected chi connectivity index (χ3v) is 4.23. The van der Waals surface area contributed by atoms with Crippen LogP contribution in [0.2, 0.25) is 0 Å². The number of aryl methyl sites for hydroxylation is 1. The van der Waals surface area contributed by atoms with Crippen LogP contribution in [0.3, 0.4) is 0 Å². The van der Waals surface area contributed by atoms with Gasteiger partial charge in [0, 0.05) is 20.1 Å². The van der Waals surface area contributed by atoms with Gasteiger partial charge in [-0.3, -0.25) is 10.4 Å². The highest BCUT2D eigenvalue weighted by Crippen LogP contribution is 2.38. The van der Waals surface area contributed by atoms with Gasteiger partial charge in [0.25, 0.3) is 0 Å². The Morgan fingerprint density at radius 1 is 1.31 bits per heavy atom. The van der Waals surface area contributed by atoms with Gasteiger partial charge >= 0.3 is 6.01 Å². The molecule has 3 N–H and O–H groups in total. The Labute approximate surface area is 150 Å². The van der Waals surface area contributed by atoms with Crippen molar-refractivity contribution in [2.24, 2.45) is 7.05 Å². The maximum atomic E-state index is 9.89. The standard InChI is InChI=1S/C14H22N10O2/c1-8(2)26-14-15-12(23-5-4-9(25)6-23)11-13(16-14)24(20-18-11)7-10-17-19-21-22(10)3/h8-9,18,20,25H,4-7H2,1-3H3/t9-/m0/s1. The third-order valence-electron chi connectivity index (χ3n) is 4.23. The molecule has 0 bridgehead atoms. The number of fused-ring (bicyclic) bond motifs is 1. The highest BCUT2D eigenvalue weighted by Gasteiger charge is 2.32. The Morgan fingerprint density at radius 2 is 2.12 bits per heavy atom. The first-order chi connectivity index (χ1) is 12.5. The average molecular weight is 362 g/mol. The normalized spacial score (nSPS) is 19.2. The molecule has 2 aliphatic heterocycles. The number of nitrogens with one attached hydrogen (secondary N) is 2. The van der Waals surface area contributed by atoms with Gasteiger partial charge in [0.15, 0.2) is 17.5 Å². The van der Waals surface area contributed by atoms with Gasteiger partial charge in [-0.1, -0.05) is 0 Å². The van der Waals surface area contributed by atoms with Gasteiger partial charge in [-0.25, -0.2) is 4.68 Å². The number of rotatable bonds is 5. The number of aliphatic hydroxyl groups excluding tert-OH is 1. The maximum absolute atomic E-state index is 9.89. The molecule has 0 saturated carbocycles. The molecule has 2 aliphatic rings. The van der Waals surface area contributed by atoms with Gasteiger partial charge in [0.1, 0.15) is 5.69 Å². The summed E-state index contributed by atoms with van der Waals surface area (Å²) in [5, 5.41) is 23.2. The molecule has 0 unspecified atom stereocenters. The predicted molar refractivity (Wildman–Crippen MR) is 92.4 cm³/mol. The molecule has 2 aromatic rings. The van der Waals surface area contributed by atoms with Crippen molar-refractivity contribution in [2.75, 3.05) is 28.4 Å². The van der Waals surface area contributed by atoms with E-state index in [1.807, 2.05) is 18.7 Å². The van der Waals surface area contributed by atoms with Crippen molar-refractivity contribution >= 4 is 17.3 Å². The molecule has 0 spiro atoms. The van der Waals surface area contributed by atoms with Crippen molar-refractivity contribution in [3.05, 3.63) is 5.82 Å². The van der Waals surface area contributed by atoms with Crippen LogP contribution < -0.4 is 25.6 Å². The molecule has 26 heavy (non-hydrogen) atoms. The van der Waals surface area contributed by atoms with Crippen molar-refractivity contribution < 1.29 is 9.84 Å². The predicted octanol–water partition coefficient (Wildman–Crippen LogP) is -0.790. The number of hydrogen-bond acceptors (Lipinski definition) is 11. The van der Waals surface area contributed by atoms with E-state index in [0.717, 1.165) is 12.2 Å². The Balaban J connectivity index is 1.69. The van der Waals surface area contributed by atoms with E-state index >= 15 is 0 Å². The molecule has 140 valence electrons. The zero-order valence-corrected chi connectivity index (χ0v) is 14.9. The summed E-state index contributed by atoms with van der Waals surface area (Å²) >= 11 is 0. The summed E-state index contributed by atoms with van der Waals surface area (Å²) in [5.41, 5.74) is 6.93. The third kappa shape index (κ3) is 3.08. The zero-order valence-electron chi connectivity index (χ0n) is 14.9. The lowest BCUT2D eigenvalue weighted by molar-refractivity contribution is 0.198. The highest BCUT2D eigenvalue weighted by atomic mass is 16.5. The van der Waals surface area contributed by atoms with Crippen LogP contribution in [0, 0.1) is 0 Å². The van der Waals surface area contributed by atoms with Gasteiger partial charge in [0.05, 0.1) is 18.8 Å². The Hall–Kier alpha value is -2.73. The fourth-order valence-electron chi connectivity index (χ4n) is 2.97. The van der Waals surface area contributed by atoms with Crippen LogP contribution >= 0.6 is 0 Å². The summed E-state index contributed by atoms with van der Waals surface area (Å²) in [7, 11) is 1.78. The van der Waals surface area contributed by atoms with Crippen LogP contribution in [0.15, 0.2) is 0 Å². The first kappa shape index (κ1) is 16.7. The molecule has 2 aromatic heterocycles. The van der Waals surface area contributed by atoms with Crippen LogP contribution in [0.1, 0.15) is 26.1 Å². The Kier molecular flexibility index (Phi) is 4.20. The van der Waals surface area contributed by atoms with E-state index in [2.05, 4.69) is 36.5 Å². The van der Waals surface area contributed by atoms with E-state index in [9.17, 15) is 5.11 Å². The summed E-state index contributed by atoms with van der Waals surface area (Å²) in [6, 6.07) is 0.293. The molecule has 4 rings (SSSR count). The van der Waals surface area contributed by atoms with E-state index in [-0.39, 0.29) is 12.2 Å². The summed E-state index contributed by atoms with van der Waals surface area (Å²) in [6.45, 7) is 5.51. The average Bonchev–Trinajstić information content (AvgIpc) is 3.29. The second-order valence-electron chi connectivity index (χ2n) is 6.63. The van der Waals surface area contributed by atoms with Gasteiger partial charge in [-0.05, 0) is 30.7 Å². The molecular formula is C14H22N10O2. The number of ether oxygens (including phenoxy) is 1. The number of aliphatic hydroxyl groups is 1. The number of hydrogen-bond donors (Lipinski definition) is 3. The minimum absolute atomic E-state index is 0.0521. The second kappa shape index (κ2) is 6.53. The lowest BCUT2D eigenvalue weighted by Crippen LogP contribution is -2.36. The number of hydrazine groups is 2. The fraction of sp³-hybridized carbons (Fsp3) is 0.643. The molecular weight excluding hydrogens is 340 g/mol. The minimum Gasteiger partial charge on any atom is -0.461 e. The molecule has 12 nitrogen and oxygen atoms in total. The molecule has 0 radical (unpaired) electrons. The van der Waals surface area contributed by atoms with E-state index in [1.165, 1.54) is 0 Å². The molecule has 0 aliphatic carbocycles. The van der Waals surface area contributed by atoms with E-state index in [1.54, 1.807) is 16.7 Å². The SMILES string of the molecule is CC(C)Oc1nc(N2CC[C@H](O)C2)c2c(n1)N(Cc1nnnn1C)NN2. The Morgan fingerprint density at radius 3 is 2.77 bits per heavy atom. The van der Waals surface area contributed by atoms with Crippen LogP contribution in [0.5, 0.6) is 6.01 Å². The van der Waals surface area contributed by atoms with E-state index < -0.39 is 0 Å². The van der Waals surface area contributed by atoms with E-state index in [0.29, 0.717) is 43.0 Å². The fourth-order valence-corrected chi connectivity index (χ4v) is 2.97. The second-order valence-corrected chi connectivity index (χ2v) is 6.63. The molecule has 1 atom stereocenters. The van der Waals surface area contributed by atoms with Gasteiger partial charge < -0.3 is 14.7 Å². The summed E-state index contributed by atoms with van der Waals surface area (Å²) in [5.74, 6) is 2.03. The molecule has 0 amide bonds. The number of tetrazole rings is 1. The first-order valence-electron chi connectivity index (χ1n) is 8.53. The van der Waals surface area contributed by atoms with Crippen molar-refractivity contribution in [3.63, 3.8) is 0 Å². The number of nitrogens with zero attached hydrogens (tertiary/aromatic N) is 8. The number of aromatic nitrogens is 6. The molecule has 0 aromatic carbocycles. The van der Waals surface area contributed by atoms with Crippen LogP contribution in [0.25, 0.3) is 0 Å². The van der Waals surface area contributed by atoms with Crippen molar-refractivity contribution in [1.29, 1.82) is 0 Å². The van der Waals surface area contributed by atoms with Crippen molar-refractivity contribution in [3.8, 4) is 6.01 Å². The van der Waals surface area contributed by atoms with E-state index in [4.69, 9.17) is 4.74 Å². The lowest BCUT2D eigenvalue weighted by atomic mass is 10.3. The highest BCUT2D eigenvalue weighted by molar-refractivity contribution is 5.81. The van der Waals surface area contributed by atoms with Crippen molar-refractivity contribution in [2.45, 2.75) is 39.0 Å².